The minimum Gasteiger partial charge on any atom is -0.508 e. The topological polar surface area (TPSA) is 64.2 Å². The van der Waals surface area contributed by atoms with Crippen molar-refractivity contribution in [2.45, 2.75) is 19.8 Å². The van der Waals surface area contributed by atoms with E-state index in [4.69, 9.17) is 5.26 Å². The van der Waals surface area contributed by atoms with Gasteiger partial charge in [0, 0.05) is 17.5 Å². The first-order valence-corrected chi connectivity index (χ1v) is 6.05. The zero-order valence-corrected chi connectivity index (χ0v) is 10.9. The highest BCUT2D eigenvalue weighted by atomic mass is 16.3. The highest BCUT2D eigenvalue weighted by Gasteiger charge is 2.14. The van der Waals surface area contributed by atoms with E-state index in [1.165, 1.54) is 6.07 Å². The van der Waals surface area contributed by atoms with E-state index in [0.29, 0.717) is 5.56 Å². The fourth-order valence-electron chi connectivity index (χ4n) is 2.08. The molecular formula is C16H15NO2. The van der Waals surface area contributed by atoms with Crippen molar-refractivity contribution in [1.29, 1.82) is 5.26 Å². The number of hydrogen-bond acceptors (Lipinski definition) is 3. The van der Waals surface area contributed by atoms with Crippen molar-refractivity contribution < 1.29 is 10.2 Å². The molecule has 2 rings (SSSR count). The summed E-state index contributed by atoms with van der Waals surface area (Å²) in [6, 6.07) is 12.5. The van der Waals surface area contributed by atoms with Gasteiger partial charge in [0.25, 0.3) is 0 Å². The maximum Gasteiger partial charge on any atom is 0.123 e. The molecule has 0 radical (unpaired) electrons. The summed E-state index contributed by atoms with van der Waals surface area (Å²) < 4.78 is 0. The van der Waals surface area contributed by atoms with Crippen LogP contribution in [0.5, 0.6) is 11.5 Å². The van der Waals surface area contributed by atoms with Crippen molar-refractivity contribution in [1.82, 2.24) is 0 Å². The summed E-state index contributed by atoms with van der Waals surface area (Å²) in [4.78, 5) is 0. The molecular weight excluding hydrogens is 238 g/mol. The number of hydrogen-bond donors (Lipinski definition) is 2. The minimum atomic E-state index is -0.00737. The van der Waals surface area contributed by atoms with Gasteiger partial charge in [0.2, 0.25) is 0 Å². The number of nitrogens with zero attached hydrogens (tertiary/aromatic N) is 1. The fraction of sp³-hybridized carbons (Fsp3) is 0.188. The van der Waals surface area contributed by atoms with E-state index in [0.717, 1.165) is 16.7 Å². The van der Waals surface area contributed by atoms with E-state index in [-0.39, 0.29) is 17.4 Å². The molecule has 0 fully saturated rings. The molecule has 0 aliphatic carbocycles. The molecule has 3 nitrogen and oxygen atoms in total. The Balaban J connectivity index is 2.41. The first-order valence-electron chi connectivity index (χ1n) is 6.05. The van der Waals surface area contributed by atoms with Crippen molar-refractivity contribution in [3.05, 3.63) is 58.7 Å². The Morgan fingerprint density at radius 1 is 1.05 bits per heavy atom. The molecule has 1 atom stereocenters. The minimum absolute atomic E-state index is 0.00737. The Bertz CT molecular complexity index is 639. The maximum absolute atomic E-state index is 9.94. The highest BCUT2D eigenvalue weighted by Crippen LogP contribution is 2.35. The van der Waals surface area contributed by atoms with Gasteiger partial charge in [-0.2, -0.15) is 5.26 Å². The molecule has 0 amide bonds. The van der Waals surface area contributed by atoms with Gasteiger partial charge in [-0.1, -0.05) is 19.1 Å². The van der Waals surface area contributed by atoms with Gasteiger partial charge in [-0.05, 0) is 36.2 Å². The summed E-state index contributed by atoms with van der Waals surface area (Å²) in [5.74, 6) is 0.167. The maximum atomic E-state index is 9.94. The number of phenolic OH excluding ortho intramolecular Hbond substituents is 2. The van der Waals surface area contributed by atoms with Crippen molar-refractivity contribution >= 4 is 0 Å². The summed E-state index contributed by atoms with van der Waals surface area (Å²) >= 11 is 0. The van der Waals surface area contributed by atoms with Crippen LogP contribution in [0.1, 0.15) is 35.1 Å². The van der Waals surface area contributed by atoms with Crippen molar-refractivity contribution in [2.75, 3.05) is 0 Å². The van der Waals surface area contributed by atoms with Crippen LogP contribution in [0.4, 0.5) is 0 Å². The Morgan fingerprint density at radius 3 is 2.26 bits per heavy atom. The van der Waals surface area contributed by atoms with E-state index < -0.39 is 0 Å². The summed E-state index contributed by atoms with van der Waals surface area (Å²) in [7, 11) is 0. The average molecular weight is 253 g/mol. The molecule has 19 heavy (non-hydrogen) atoms. The van der Waals surface area contributed by atoms with Crippen LogP contribution >= 0.6 is 0 Å². The van der Waals surface area contributed by atoms with Gasteiger partial charge < -0.3 is 10.2 Å². The lowest BCUT2D eigenvalue weighted by Crippen LogP contribution is -1.97. The first-order chi connectivity index (χ1) is 9.02. The monoisotopic (exact) mass is 253 g/mol. The second-order valence-corrected chi connectivity index (χ2v) is 4.65. The molecule has 0 saturated heterocycles. The molecule has 1 unspecified atom stereocenters. The zero-order valence-electron chi connectivity index (χ0n) is 10.9. The van der Waals surface area contributed by atoms with Crippen LogP contribution in [0.15, 0.2) is 36.4 Å². The van der Waals surface area contributed by atoms with Crippen LogP contribution < -0.4 is 0 Å². The van der Waals surface area contributed by atoms with Crippen LogP contribution in [0.2, 0.25) is 0 Å². The predicted molar refractivity (Wildman–Crippen MR) is 73.2 cm³/mol. The summed E-state index contributed by atoms with van der Waals surface area (Å²) in [5.41, 5.74) is 3.12. The molecule has 0 heterocycles. The number of aryl methyl sites for hydroxylation is 1. The largest absolute Gasteiger partial charge is 0.508 e. The Morgan fingerprint density at radius 2 is 1.68 bits per heavy atom. The molecule has 96 valence electrons. The van der Waals surface area contributed by atoms with Crippen LogP contribution in [0.3, 0.4) is 0 Å². The quantitative estimate of drug-likeness (QED) is 0.861. The third-order valence-corrected chi connectivity index (χ3v) is 3.35. The van der Waals surface area contributed by atoms with Crippen molar-refractivity contribution in [3.8, 4) is 17.6 Å². The molecule has 2 aromatic rings. The molecule has 0 spiro atoms. The second-order valence-electron chi connectivity index (χ2n) is 4.65. The lowest BCUT2D eigenvalue weighted by Gasteiger charge is -2.15. The third-order valence-electron chi connectivity index (χ3n) is 3.35. The standard InChI is InChI=1S/C16H15NO2/c1-10-7-14(16(19)8-15(10)18)11(2)13-5-3-12(9-17)4-6-13/h3-8,11,18-19H,1-2H3. The summed E-state index contributed by atoms with van der Waals surface area (Å²) in [6.45, 7) is 3.77. The van der Waals surface area contributed by atoms with Crippen molar-refractivity contribution in [2.24, 2.45) is 0 Å². The van der Waals surface area contributed by atoms with Crippen LogP contribution in [0, 0.1) is 18.3 Å². The molecule has 0 aromatic heterocycles. The van der Waals surface area contributed by atoms with Crippen LogP contribution in [-0.4, -0.2) is 10.2 Å². The number of benzene rings is 2. The first kappa shape index (κ1) is 13.0. The number of aromatic hydroxyl groups is 2. The van der Waals surface area contributed by atoms with Crippen molar-refractivity contribution in [3.63, 3.8) is 0 Å². The smallest absolute Gasteiger partial charge is 0.123 e. The third kappa shape index (κ3) is 2.53. The number of phenols is 2. The summed E-state index contributed by atoms with van der Waals surface area (Å²) in [6.07, 6.45) is 0. The van der Waals surface area contributed by atoms with Gasteiger partial charge in [-0.25, -0.2) is 0 Å². The van der Waals surface area contributed by atoms with E-state index in [2.05, 4.69) is 6.07 Å². The molecule has 3 heteroatoms. The molecule has 2 aromatic carbocycles. The number of nitriles is 1. The van der Waals surface area contributed by atoms with Gasteiger partial charge in [-0.3, -0.25) is 0 Å². The predicted octanol–water partition coefficient (Wildman–Crippen LogP) is 3.43. The van der Waals surface area contributed by atoms with Crippen LogP contribution in [-0.2, 0) is 0 Å². The zero-order chi connectivity index (χ0) is 14.0. The van der Waals surface area contributed by atoms with Gasteiger partial charge in [0.1, 0.15) is 11.5 Å². The Kier molecular flexibility index (Phi) is 3.43. The van der Waals surface area contributed by atoms with E-state index in [1.807, 2.05) is 19.1 Å². The SMILES string of the molecule is Cc1cc(C(C)c2ccc(C#N)cc2)c(O)cc1O. The lowest BCUT2D eigenvalue weighted by molar-refractivity contribution is 0.442. The molecule has 0 bridgehead atoms. The van der Waals surface area contributed by atoms with E-state index in [1.54, 1.807) is 25.1 Å². The van der Waals surface area contributed by atoms with E-state index >= 15 is 0 Å². The normalized spacial score (nSPS) is 11.8. The second kappa shape index (κ2) is 5.03. The van der Waals surface area contributed by atoms with Gasteiger partial charge in [-0.15, -0.1) is 0 Å². The molecule has 0 aliphatic heterocycles. The molecule has 2 N–H and O–H groups in total. The number of rotatable bonds is 2. The molecule has 0 aliphatic rings. The van der Waals surface area contributed by atoms with Gasteiger partial charge in [0.15, 0.2) is 0 Å². The molecule has 0 saturated carbocycles. The summed E-state index contributed by atoms with van der Waals surface area (Å²) in [5, 5.41) is 28.3. The van der Waals surface area contributed by atoms with Gasteiger partial charge in [0.05, 0.1) is 11.6 Å². The van der Waals surface area contributed by atoms with Gasteiger partial charge >= 0.3 is 0 Å². The Hall–Kier alpha value is -2.47. The average Bonchev–Trinajstić information content (AvgIpc) is 2.42. The fourth-order valence-corrected chi connectivity index (χ4v) is 2.08. The highest BCUT2D eigenvalue weighted by molar-refractivity contribution is 5.49. The lowest BCUT2D eigenvalue weighted by atomic mass is 9.91. The van der Waals surface area contributed by atoms with Crippen LogP contribution in [0.25, 0.3) is 0 Å². The Labute approximate surface area is 112 Å². The van der Waals surface area contributed by atoms with E-state index in [9.17, 15) is 10.2 Å².